The van der Waals surface area contributed by atoms with E-state index in [1.54, 1.807) is 0 Å². The van der Waals surface area contributed by atoms with Crippen LogP contribution in [-0.4, -0.2) is 39.0 Å². The highest BCUT2D eigenvalue weighted by atomic mass is 35.5. The zero-order chi connectivity index (χ0) is 15.3. The summed E-state index contributed by atoms with van der Waals surface area (Å²) < 4.78 is 1.84. The van der Waals surface area contributed by atoms with Gasteiger partial charge in [-0.1, -0.05) is 12.1 Å². The molecule has 0 spiro atoms. The number of aromatic nitrogens is 2. The number of halogens is 1. The lowest BCUT2D eigenvalue weighted by Gasteiger charge is -2.34. The first-order valence-corrected chi connectivity index (χ1v) is 7.86. The summed E-state index contributed by atoms with van der Waals surface area (Å²) in [6.45, 7) is 1.35. The average molecular weight is 337 g/mol. The molecular formula is C16H21ClN4O2. The molecule has 2 heterocycles. The molecule has 1 amide bonds. The van der Waals surface area contributed by atoms with Crippen molar-refractivity contribution in [1.29, 1.82) is 0 Å². The number of nitrogens with two attached hydrogens (primary N) is 1. The Morgan fingerprint density at radius 3 is 2.52 bits per heavy atom. The van der Waals surface area contributed by atoms with Crippen molar-refractivity contribution in [3.05, 3.63) is 34.7 Å². The summed E-state index contributed by atoms with van der Waals surface area (Å²) in [4.78, 5) is 29.3. The van der Waals surface area contributed by atoms with E-state index in [1.807, 2.05) is 33.7 Å². The van der Waals surface area contributed by atoms with E-state index in [0.717, 1.165) is 36.7 Å². The number of piperidine rings is 1. The predicted octanol–water partition coefficient (Wildman–Crippen LogP) is 1.41. The number of hydrogen-bond acceptors (Lipinski definition) is 3. The van der Waals surface area contributed by atoms with E-state index in [9.17, 15) is 9.59 Å². The molecule has 0 radical (unpaired) electrons. The van der Waals surface area contributed by atoms with Gasteiger partial charge in [0.25, 0.3) is 0 Å². The number of likely N-dealkylation sites (tertiary alicyclic amines) is 1. The lowest BCUT2D eigenvalue weighted by Crippen LogP contribution is -2.49. The Morgan fingerprint density at radius 1 is 1.22 bits per heavy atom. The fraction of sp³-hybridized carbons (Fsp3) is 0.500. The third-order valence-corrected chi connectivity index (χ3v) is 4.96. The molecule has 7 heteroatoms. The Labute approximate surface area is 140 Å². The number of aromatic amines is 1. The molecular weight excluding hydrogens is 316 g/mol. The monoisotopic (exact) mass is 336 g/mol. The number of carbonyl (C=O) groups is 1. The van der Waals surface area contributed by atoms with E-state index < -0.39 is 5.54 Å². The number of para-hydroxylation sites is 2. The topological polar surface area (TPSA) is 84.1 Å². The molecule has 1 aromatic carbocycles. The SMILES string of the molecule is Cl.NC1(C(=O)N2CCC(n3c(=O)[nH]c4ccccc43)CC2)CC1. The number of fused-ring (bicyclic) bond motifs is 1. The number of benzene rings is 1. The maximum absolute atomic E-state index is 12.3. The number of hydrogen-bond donors (Lipinski definition) is 2. The Kier molecular flexibility index (Phi) is 3.98. The maximum Gasteiger partial charge on any atom is 0.326 e. The smallest absolute Gasteiger partial charge is 0.326 e. The Bertz CT molecular complexity index is 785. The van der Waals surface area contributed by atoms with E-state index in [1.165, 1.54) is 0 Å². The molecule has 124 valence electrons. The summed E-state index contributed by atoms with van der Waals surface area (Å²) >= 11 is 0. The number of carbonyl (C=O) groups excluding carboxylic acids is 1. The zero-order valence-corrected chi connectivity index (χ0v) is 13.6. The van der Waals surface area contributed by atoms with Crippen LogP contribution >= 0.6 is 12.4 Å². The van der Waals surface area contributed by atoms with Crippen molar-refractivity contribution in [2.45, 2.75) is 37.3 Å². The van der Waals surface area contributed by atoms with Crippen LogP contribution in [0.15, 0.2) is 29.1 Å². The summed E-state index contributed by atoms with van der Waals surface area (Å²) in [6, 6.07) is 7.87. The van der Waals surface area contributed by atoms with E-state index in [4.69, 9.17) is 5.73 Å². The summed E-state index contributed by atoms with van der Waals surface area (Å²) in [5.41, 5.74) is 7.14. The molecule has 2 fully saturated rings. The second kappa shape index (κ2) is 5.69. The highest BCUT2D eigenvalue weighted by molar-refractivity contribution is 5.89. The van der Waals surface area contributed by atoms with Crippen molar-refractivity contribution >= 4 is 29.3 Å². The van der Waals surface area contributed by atoms with Gasteiger partial charge < -0.3 is 15.6 Å². The highest BCUT2D eigenvalue weighted by Crippen LogP contribution is 2.35. The Balaban J connectivity index is 0.00000156. The molecule has 0 bridgehead atoms. The van der Waals surface area contributed by atoms with Crippen molar-refractivity contribution in [2.75, 3.05) is 13.1 Å². The first kappa shape index (κ1) is 16.1. The predicted molar refractivity (Wildman–Crippen MR) is 90.8 cm³/mol. The number of amides is 1. The fourth-order valence-electron chi connectivity index (χ4n) is 3.43. The van der Waals surface area contributed by atoms with Gasteiger partial charge in [-0.25, -0.2) is 4.79 Å². The largest absolute Gasteiger partial charge is 0.341 e. The molecule has 1 saturated heterocycles. The minimum atomic E-state index is -0.593. The summed E-state index contributed by atoms with van der Waals surface area (Å²) in [7, 11) is 0. The van der Waals surface area contributed by atoms with Crippen LogP contribution < -0.4 is 11.4 Å². The molecule has 1 saturated carbocycles. The van der Waals surface area contributed by atoms with Crippen molar-refractivity contribution in [3.63, 3.8) is 0 Å². The standard InChI is InChI=1S/C16H20N4O2.ClH/c17-16(7-8-16)14(21)19-9-5-11(6-10-19)20-13-4-2-1-3-12(13)18-15(20)22;/h1-4,11H,5-10,17H2,(H,18,22);1H. The van der Waals surface area contributed by atoms with Gasteiger partial charge in [0.2, 0.25) is 5.91 Å². The van der Waals surface area contributed by atoms with Crippen LogP contribution in [0.5, 0.6) is 0 Å². The normalized spacial score (nSPS) is 20.3. The second-order valence-corrected chi connectivity index (χ2v) is 6.50. The first-order valence-electron chi connectivity index (χ1n) is 7.86. The summed E-state index contributed by atoms with van der Waals surface area (Å²) in [6.07, 6.45) is 3.19. The van der Waals surface area contributed by atoms with Gasteiger partial charge in [0.1, 0.15) is 0 Å². The fourth-order valence-corrected chi connectivity index (χ4v) is 3.43. The number of rotatable bonds is 2. The molecule has 3 N–H and O–H groups in total. The molecule has 6 nitrogen and oxygen atoms in total. The third-order valence-electron chi connectivity index (χ3n) is 4.96. The number of nitrogens with zero attached hydrogens (tertiary/aromatic N) is 2. The van der Waals surface area contributed by atoms with E-state index in [-0.39, 0.29) is 30.0 Å². The second-order valence-electron chi connectivity index (χ2n) is 6.50. The van der Waals surface area contributed by atoms with Crippen molar-refractivity contribution in [3.8, 4) is 0 Å². The van der Waals surface area contributed by atoms with E-state index >= 15 is 0 Å². The molecule has 2 aromatic rings. The van der Waals surface area contributed by atoms with Crippen molar-refractivity contribution < 1.29 is 4.79 Å². The molecule has 0 atom stereocenters. The lowest BCUT2D eigenvalue weighted by atomic mass is 10.0. The van der Waals surface area contributed by atoms with Gasteiger partial charge in [-0.2, -0.15) is 0 Å². The highest BCUT2D eigenvalue weighted by Gasteiger charge is 2.48. The van der Waals surface area contributed by atoms with Crippen LogP contribution in [0.2, 0.25) is 0 Å². The van der Waals surface area contributed by atoms with Crippen LogP contribution in [0.1, 0.15) is 31.7 Å². The molecule has 23 heavy (non-hydrogen) atoms. The zero-order valence-electron chi connectivity index (χ0n) is 12.8. The van der Waals surface area contributed by atoms with Crippen molar-refractivity contribution in [2.24, 2.45) is 5.73 Å². The molecule has 1 aliphatic heterocycles. The lowest BCUT2D eigenvalue weighted by molar-refractivity contribution is -0.134. The third kappa shape index (κ3) is 2.66. The molecule has 2 aliphatic rings. The summed E-state index contributed by atoms with van der Waals surface area (Å²) in [5, 5.41) is 0. The van der Waals surface area contributed by atoms with E-state index in [0.29, 0.717) is 13.1 Å². The molecule has 1 aliphatic carbocycles. The van der Waals surface area contributed by atoms with Gasteiger partial charge in [0, 0.05) is 19.1 Å². The maximum atomic E-state index is 12.3. The Morgan fingerprint density at radius 2 is 1.87 bits per heavy atom. The minimum Gasteiger partial charge on any atom is -0.341 e. The first-order chi connectivity index (χ1) is 10.6. The van der Waals surface area contributed by atoms with Crippen LogP contribution in [0.3, 0.4) is 0 Å². The molecule has 0 unspecified atom stereocenters. The number of imidazole rings is 1. The van der Waals surface area contributed by atoms with Gasteiger partial charge in [0.15, 0.2) is 0 Å². The van der Waals surface area contributed by atoms with Gasteiger partial charge in [-0.3, -0.25) is 9.36 Å². The minimum absolute atomic E-state index is 0. The van der Waals surface area contributed by atoms with Gasteiger partial charge in [-0.15, -0.1) is 12.4 Å². The molecule has 4 rings (SSSR count). The van der Waals surface area contributed by atoms with Gasteiger partial charge in [-0.05, 0) is 37.8 Å². The quantitative estimate of drug-likeness (QED) is 0.869. The Hall–Kier alpha value is -1.79. The average Bonchev–Trinajstić information content (AvgIpc) is 3.19. The number of H-pyrrole nitrogens is 1. The van der Waals surface area contributed by atoms with Crippen LogP contribution in [-0.2, 0) is 4.79 Å². The van der Waals surface area contributed by atoms with Crippen LogP contribution in [0.4, 0.5) is 0 Å². The summed E-state index contributed by atoms with van der Waals surface area (Å²) in [5.74, 6) is 0.0808. The van der Waals surface area contributed by atoms with Crippen molar-refractivity contribution in [1.82, 2.24) is 14.5 Å². The molecule has 1 aromatic heterocycles. The van der Waals surface area contributed by atoms with E-state index in [2.05, 4.69) is 4.98 Å². The van der Waals surface area contributed by atoms with Gasteiger partial charge >= 0.3 is 5.69 Å². The number of nitrogens with one attached hydrogen (secondary N) is 1. The van der Waals surface area contributed by atoms with Gasteiger partial charge in [0.05, 0.1) is 16.6 Å². The van der Waals surface area contributed by atoms with Crippen LogP contribution in [0.25, 0.3) is 11.0 Å². The van der Waals surface area contributed by atoms with Crippen LogP contribution in [0, 0.1) is 0 Å².